The zero-order valence-electron chi connectivity index (χ0n) is 13.5. The molecule has 0 saturated heterocycles. The van der Waals surface area contributed by atoms with Crippen molar-refractivity contribution in [3.05, 3.63) is 29.8 Å². The van der Waals surface area contributed by atoms with Gasteiger partial charge in [0.2, 0.25) is 11.0 Å². The van der Waals surface area contributed by atoms with Crippen molar-refractivity contribution in [2.45, 2.75) is 24.6 Å². The van der Waals surface area contributed by atoms with Crippen molar-refractivity contribution in [1.29, 1.82) is 0 Å². The minimum absolute atomic E-state index is 0.0903. The van der Waals surface area contributed by atoms with E-state index in [1.165, 1.54) is 24.3 Å². The number of rotatable bonds is 7. The molecule has 0 atom stereocenters. The molecule has 1 aromatic heterocycles. The maximum atomic E-state index is 12.3. The molecule has 0 aliphatic heterocycles. The second kappa shape index (κ2) is 8.03. The quantitative estimate of drug-likeness (QED) is 0.551. The highest BCUT2D eigenvalue weighted by Gasteiger charge is 2.21. The van der Waals surface area contributed by atoms with Crippen LogP contribution in [0.4, 0.5) is 10.8 Å². The molecule has 11 heteroatoms. The normalized spacial score (nSPS) is 11.0. The van der Waals surface area contributed by atoms with Crippen LogP contribution in [0.2, 0.25) is 0 Å². The number of carbonyl (C=O) groups excluding carboxylic acids is 2. The first-order valence-electron chi connectivity index (χ1n) is 7.29. The number of nitrogens with zero attached hydrogens (tertiary/aromatic N) is 2. The van der Waals surface area contributed by atoms with Crippen molar-refractivity contribution >= 4 is 44.1 Å². The Balaban J connectivity index is 2.17. The van der Waals surface area contributed by atoms with E-state index in [2.05, 4.69) is 20.2 Å². The lowest BCUT2D eigenvalue weighted by molar-refractivity contribution is -0.115. The van der Waals surface area contributed by atoms with Gasteiger partial charge in [0.25, 0.3) is 14.4 Å². The summed E-state index contributed by atoms with van der Waals surface area (Å²) in [6.45, 7) is 3.55. The number of nitrogens with one attached hydrogen (secondary N) is 2. The molecule has 2 aromatic rings. The zero-order valence-corrected chi connectivity index (χ0v) is 15.1. The van der Waals surface area contributed by atoms with E-state index >= 15 is 0 Å². The van der Waals surface area contributed by atoms with Crippen LogP contribution in [-0.2, 0) is 19.6 Å². The highest BCUT2D eigenvalue weighted by Crippen LogP contribution is 2.23. The average molecular weight is 384 g/mol. The first-order valence-corrected chi connectivity index (χ1v) is 9.59. The molecule has 1 amide bonds. The lowest BCUT2D eigenvalue weighted by Gasteiger charge is -2.07. The third-order valence-electron chi connectivity index (χ3n) is 2.83. The van der Waals surface area contributed by atoms with Gasteiger partial charge in [-0.3, -0.25) is 9.52 Å². The minimum atomic E-state index is -4.00. The molecular formula is C14H16N4O5S2. The summed E-state index contributed by atoms with van der Waals surface area (Å²) in [6.07, 6.45) is 0.237. The van der Waals surface area contributed by atoms with Crippen LogP contribution in [0.3, 0.4) is 0 Å². The summed E-state index contributed by atoms with van der Waals surface area (Å²) in [4.78, 5) is 23.0. The molecule has 134 valence electrons. The van der Waals surface area contributed by atoms with Gasteiger partial charge in [-0.05, 0) is 25.1 Å². The maximum absolute atomic E-state index is 12.3. The van der Waals surface area contributed by atoms with Crippen LogP contribution < -0.4 is 10.0 Å². The van der Waals surface area contributed by atoms with Crippen molar-refractivity contribution in [3.63, 3.8) is 0 Å². The van der Waals surface area contributed by atoms with Crippen LogP contribution in [0.15, 0.2) is 28.6 Å². The van der Waals surface area contributed by atoms with Crippen LogP contribution in [0.1, 0.15) is 30.6 Å². The van der Waals surface area contributed by atoms with Crippen molar-refractivity contribution in [2.75, 3.05) is 16.6 Å². The first-order chi connectivity index (χ1) is 11.9. The molecule has 25 heavy (non-hydrogen) atoms. The number of benzene rings is 1. The standard InChI is InChI=1S/C14H16N4O5S2/c1-3-11(19)15-13-16-17-14(24-13)25(21,22)18-10-7-5-6-9(8-10)12(20)23-4-2/h5-8,18H,3-4H2,1-2H3,(H,15,16,19). The van der Waals surface area contributed by atoms with Gasteiger partial charge in [-0.1, -0.05) is 24.3 Å². The Morgan fingerprint density at radius 2 is 2.00 bits per heavy atom. The minimum Gasteiger partial charge on any atom is -0.462 e. The summed E-state index contributed by atoms with van der Waals surface area (Å²) in [5, 5.41) is 9.72. The van der Waals surface area contributed by atoms with Crippen molar-refractivity contribution < 1.29 is 22.7 Å². The number of sulfonamides is 1. The molecule has 0 aliphatic rings. The molecule has 1 aromatic carbocycles. The van der Waals surface area contributed by atoms with E-state index in [-0.39, 0.29) is 39.7 Å². The molecule has 0 radical (unpaired) electrons. The molecule has 0 fully saturated rings. The largest absolute Gasteiger partial charge is 0.462 e. The molecular weight excluding hydrogens is 368 g/mol. The van der Waals surface area contributed by atoms with Gasteiger partial charge < -0.3 is 10.1 Å². The number of amides is 1. The summed E-state index contributed by atoms with van der Waals surface area (Å²) in [5.41, 5.74) is 0.398. The van der Waals surface area contributed by atoms with Crippen LogP contribution in [0.25, 0.3) is 0 Å². The van der Waals surface area contributed by atoms with E-state index in [0.29, 0.717) is 0 Å². The Kier molecular flexibility index (Phi) is 6.04. The number of ether oxygens (including phenoxy) is 1. The van der Waals surface area contributed by atoms with E-state index in [0.717, 1.165) is 11.3 Å². The third kappa shape index (κ3) is 4.97. The average Bonchev–Trinajstić information content (AvgIpc) is 3.04. The van der Waals surface area contributed by atoms with E-state index in [4.69, 9.17) is 4.74 Å². The van der Waals surface area contributed by atoms with E-state index in [9.17, 15) is 18.0 Å². The third-order valence-corrected chi connectivity index (χ3v) is 5.42. The summed E-state index contributed by atoms with van der Waals surface area (Å²) >= 11 is 0.725. The summed E-state index contributed by atoms with van der Waals surface area (Å²) in [5.74, 6) is -0.848. The summed E-state index contributed by atoms with van der Waals surface area (Å²) < 4.78 is 31.6. The number of hydrogen-bond donors (Lipinski definition) is 2. The lowest BCUT2D eigenvalue weighted by atomic mass is 10.2. The predicted molar refractivity (Wildman–Crippen MR) is 92.0 cm³/mol. The Morgan fingerprint density at radius 3 is 2.68 bits per heavy atom. The van der Waals surface area contributed by atoms with Gasteiger partial charge >= 0.3 is 5.97 Å². The van der Waals surface area contributed by atoms with Crippen LogP contribution >= 0.6 is 11.3 Å². The van der Waals surface area contributed by atoms with Crippen molar-refractivity contribution in [3.8, 4) is 0 Å². The summed E-state index contributed by atoms with van der Waals surface area (Å²) in [6, 6.07) is 5.88. The number of hydrogen-bond acceptors (Lipinski definition) is 8. The van der Waals surface area contributed by atoms with E-state index in [1.807, 2.05) is 0 Å². The number of anilines is 2. The number of esters is 1. The molecule has 0 unspecified atom stereocenters. The molecule has 0 bridgehead atoms. The smallest absolute Gasteiger partial charge is 0.338 e. The van der Waals surface area contributed by atoms with Gasteiger partial charge in [0.05, 0.1) is 12.2 Å². The Hall–Kier alpha value is -2.53. The second-order valence-electron chi connectivity index (χ2n) is 4.68. The van der Waals surface area contributed by atoms with Crippen molar-refractivity contribution in [1.82, 2.24) is 10.2 Å². The van der Waals surface area contributed by atoms with Gasteiger partial charge in [-0.2, -0.15) is 8.42 Å². The van der Waals surface area contributed by atoms with Gasteiger partial charge in [0.15, 0.2) is 0 Å². The van der Waals surface area contributed by atoms with Crippen LogP contribution in [0, 0.1) is 0 Å². The zero-order chi connectivity index (χ0) is 18.4. The number of carbonyl (C=O) groups is 2. The molecule has 0 spiro atoms. The fourth-order valence-electron chi connectivity index (χ4n) is 1.70. The SMILES string of the molecule is CCOC(=O)c1cccc(NS(=O)(=O)c2nnc(NC(=O)CC)s2)c1. The fraction of sp³-hybridized carbons (Fsp3) is 0.286. The van der Waals surface area contributed by atoms with Crippen LogP contribution in [0.5, 0.6) is 0 Å². The maximum Gasteiger partial charge on any atom is 0.338 e. The lowest BCUT2D eigenvalue weighted by Crippen LogP contribution is -2.13. The molecule has 2 N–H and O–H groups in total. The fourth-order valence-corrected chi connectivity index (χ4v) is 3.67. The highest BCUT2D eigenvalue weighted by atomic mass is 32.2. The molecule has 1 heterocycles. The van der Waals surface area contributed by atoms with Gasteiger partial charge in [-0.25, -0.2) is 4.79 Å². The predicted octanol–water partition coefficient (Wildman–Crippen LogP) is 1.86. The van der Waals surface area contributed by atoms with E-state index in [1.54, 1.807) is 13.8 Å². The van der Waals surface area contributed by atoms with Gasteiger partial charge in [0.1, 0.15) is 0 Å². The Labute approximate surface area is 148 Å². The molecule has 0 aliphatic carbocycles. The Bertz CT molecular complexity index is 879. The highest BCUT2D eigenvalue weighted by molar-refractivity contribution is 7.94. The summed E-state index contributed by atoms with van der Waals surface area (Å²) in [7, 11) is -4.00. The molecule has 0 saturated carbocycles. The first kappa shape index (κ1) is 18.8. The van der Waals surface area contributed by atoms with Crippen LogP contribution in [-0.4, -0.2) is 37.1 Å². The van der Waals surface area contributed by atoms with E-state index < -0.39 is 16.0 Å². The topological polar surface area (TPSA) is 127 Å². The monoisotopic (exact) mass is 384 g/mol. The van der Waals surface area contributed by atoms with Gasteiger partial charge in [0, 0.05) is 12.1 Å². The molecule has 2 rings (SSSR count). The molecule has 9 nitrogen and oxygen atoms in total. The second-order valence-corrected chi connectivity index (χ2v) is 7.52. The van der Waals surface area contributed by atoms with Gasteiger partial charge in [-0.15, -0.1) is 10.2 Å². The Morgan fingerprint density at radius 1 is 1.24 bits per heavy atom. The van der Waals surface area contributed by atoms with Crippen molar-refractivity contribution in [2.24, 2.45) is 0 Å². The number of aromatic nitrogens is 2.